The maximum atomic E-state index is 12.5. The molecule has 2 rings (SSSR count). The van der Waals surface area contributed by atoms with Gasteiger partial charge in [0.1, 0.15) is 6.04 Å². The molecule has 0 saturated carbocycles. The van der Waals surface area contributed by atoms with Crippen LogP contribution in [0, 0.1) is 0 Å². The van der Waals surface area contributed by atoms with E-state index in [9.17, 15) is 4.79 Å². The standard InChI is InChI=1S/C13H20N2O2S/c1-3-10-8-17-9(2)7-15(10)13(16)12(14)11-5-4-6-18-11/h4-6,9-10,12H,3,7-8,14H2,1-2H3. The van der Waals surface area contributed by atoms with Gasteiger partial charge in [-0.3, -0.25) is 4.79 Å². The van der Waals surface area contributed by atoms with Gasteiger partial charge in [-0.1, -0.05) is 13.0 Å². The Hall–Kier alpha value is -0.910. The fourth-order valence-electron chi connectivity index (χ4n) is 2.22. The second-order valence-corrected chi connectivity index (χ2v) is 5.67. The number of carbonyl (C=O) groups is 1. The van der Waals surface area contributed by atoms with Crippen molar-refractivity contribution in [1.29, 1.82) is 0 Å². The van der Waals surface area contributed by atoms with Crippen molar-refractivity contribution in [2.24, 2.45) is 5.73 Å². The van der Waals surface area contributed by atoms with Crippen LogP contribution in [0.4, 0.5) is 0 Å². The van der Waals surface area contributed by atoms with E-state index in [1.807, 2.05) is 29.3 Å². The minimum Gasteiger partial charge on any atom is -0.375 e. The highest BCUT2D eigenvalue weighted by Crippen LogP contribution is 2.23. The highest BCUT2D eigenvalue weighted by molar-refractivity contribution is 7.10. The maximum absolute atomic E-state index is 12.5. The molecular weight excluding hydrogens is 248 g/mol. The van der Waals surface area contributed by atoms with Crippen LogP contribution in [0.3, 0.4) is 0 Å². The molecule has 1 amide bonds. The number of hydrogen-bond acceptors (Lipinski definition) is 4. The van der Waals surface area contributed by atoms with Crippen molar-refractivity contribution in [1.82, 2.24) is 4.90 Å². The molecule has 1 fully saturated rings. The number of morpholine rings is 1. The Kier molecular flexibility index (Phi) is 4.37. The molecule has 100 valence electrons. The fourth-order valence-corrected chi connectivity index (χ4v) is 2.94. The van der Waals surface area contributed by atoms with Crippen molar-refractivity contribution in [2.45, 2.75) is 38.5 Å². The highest BCUT2D eigenvalue weighted by atomic mass is 32.1. The zero-order valence-electron chi connectivity index (χ0n) is 10.8. The topological polar surface area (TPSA) is 55.6 Å². The van der Waals surface area contributed by atoms with E-state index in [0.717, 1.165) is 11.3 Å². The summed E-state index contributed by atoms with van der Waals surface area (Å²) in [4.78, 5) is 15.3. The molecule has 1 aliphatic heterocycles. The van der Waals surface area contributed by atoms with E-state index >= 15 is 0 Å². The first-order valence-electron chi connectivity index (χ1n) is 6.34. The number of hydrogen-bond donors (Lipinski definition) is 1. The third-order valence-corrected chi connectivity index (χ3v) is 4.29. The lowest BCUT2D eigenvalue weighted by molar-refractivity contribution is -0.145. The molecule has 0 bridgehead atoms. The van der Waals surface area contributed by atoms with Crippen molar-refractivity contribution >= 4 is 17.2 Å². The average molecular weight is 268 g/mol. The summed E-state index contributed by atoms with van der Waals surface area (Å²) in [6, 6.07) is 3.45. The number of ether oxygens (including phenoxy) is 1. The molecule has 1 aliphatic rings. The Labute approximate surface area is 112 Å². The van der Waals surface area contributed by atoms with Crippen molar-refractivity contribution in [3.63, 3.8) is 0 Å². The monoisotopic (exact) mass is 268 g/mol. The molecule has 3 atom stereocenters. The van der Waals surface area contributed by atoms with Gasteiger partial charge in [0.25, 0.3) is 0 Å². The van der Waals surface area contributed by atoms with E-state index in [4.69, 9.17) is 10.5 Å². The van der Waals surface area contributed by atoms with Gasteiger partial charge in [-0.05, 0) is 24.8 Å². The van der Waals surface area contributed by atoms with Gasteiger partial charge in [-0.15, -0.1) is 11.3 Å². The van der Waals surface area contributed by atoms with Crippen molar-refractivity contribution < 1.29 is 9.53 Å². The van der Waals surface area contributed by atoms with Crippen LogP contribution in [0.5, 0.6) is 0 Å². The summed E-state index contributed by atoms with van der Waals surface area (Å²) in [6.45, 7) is 5.31. The number of rotatable bonds is 3. The molecule has 2 heterocycles. The zero-order chi connectivity index (χ0) is 13.1. The van der Waals surface area contributed by atoms with E-state index in [1.165, 1.54) is 11.3 Å². The van der Waals surface area contributed by atoms with E-state index < -0.39 is 6.04 Å². The Bertz CT molecular complexity index is 394. The Morgan fingerprint density at radius 2 is 2.50 bits per heavy atom. The van der Waals surface area contributed by atoms with Gasteiger partial charge in [0.15, 0.2) is 0 Å². The molecule has 3 unspecified atom stereocenters. The van der Waals surface area contributed by atoms with E-state index in [1.54, 1.807) is 0 Å². The summed E-state index contributed by atoms with van der Waals surface area (Å²) < 4.78 is 5.60. The van der Waals surface area contributed by atoms with Crippen LogP contribution < -0.4 is 5.73 Å². The van der Waals surface area contributed by atoms with Gasteiger partial charge in [-0.25, -0.2) is 0 Å². The average Bonchev–Trinajstić information content (AvgIpc) is 2.90. The number of nitrogens with zero attached hydrogens (tertiary/aromatic N) is 1. The van der Waals surface area contributed by atoms with E-state index in [0.29, 0.717) is 13.2 Å². The predicted molar refractivity (Wildman–Crippen MR) is 72.5 cm³/mol. The van der Waals surface area contributed by atoms with Crippen LogP contribution in [0.2, 0.25) is 0 Å². The lowest BCUT2D eigenvalue weighted by Crippen LogP contribution is -2.53. The summed E-state index contributed by atoms with van der Waals surface area (Å²) in [7, 11) is 0. The van der Waals surface area contributed by atoms with Crippen molar-refractivity contribution in [3.8, 4) is 0 Å². The molecular formula is C13H20N2O2S. The summed E-state index contributed by atoms with van der Waals surface area (Å²) >= 11 is 1.53. The molecule has 1 aromatic rings. The maximum Gasteiger partial charge on any atom is 0.245 e. The smallest absolute Gasteiger partial charge is 0.245 e. The van der Waals surface area contributed by atoms with Crippen LogP contribution in [-0.2, 0) is 9.53 Å². The number of carbonyl (C=O) groups excluding carboxylic acids is 1. The van der Waals surface area contributed by atoms with Crippen LogP contribution in [0.25, 0.3) is 0 Å². The minimum atomic E-state index is -0.538. The molecule has 4 nitrogen and oxygen atoms in total. The Balaban J connectivity index is 2.10. The van der Waals surface area contributed by atoms with Crippen LogP contribution in [0.15, 0.2) is 17.5 Å². The summed E-state index contributed by atoms with van der Waals surface area (Å²) in [5, 5.41) is 1.95. The zero-order valence-corrected chi connectivity index (χ0v) is 11.7. The van der Waals surface area contributed by atoms with Crippen LogP contribution in [0.1, 0.15) is 31.2 Å². The first-order valence-corrected chi connectivity index (χ1v) is 7.22. The number of amides is 1. The summed E-state index contributed by atoms with van der Waals surface area (Å²) in [6.07, 6.45) is 0.989. The molecule has 0 aliphatic carbocycles. The molecule has 18 heavy (non-hydrogen) atoms. The SMILES string of the molecule is CCC1COC(C)CN1C(=O)C(N)c1cccs1. The molecule has 0 spiro atoms. The van der Waals surface area contributed by atoms with Crippen LogP contribution in [-0.4, -0.2) is 36.1 Å². The molecule has 0 aromatic carbocycles. The fraction of sp³-hybridized carbons (Fsp3) is 0.615. The quantitative estimate of drug-likeness (QED) is 0.909. The summed E-state index contributed by atoms with van der Waals surface area (Å²) in [5.41, 5.74) is 6.05. The van der Waals surface area contributed by atoms with Gasteiger partial charge in [0.2, 0.25) is 5.91 Å². The van der Waals surface area contributed by atoms with Crippen molar-refractivity contribution in [2.75, 3.05) is 13.2 Å². The predicted octanol–water partition coefficient (Wildman–Crippen LogP) is 1.77. The van der Waals surface area contributed by atoms with Crippen LogP contribution >= 0.6 is 11.3 Å². The third-order valence-electron chi connectivity index (χ3n) is 3.34. The largest absolute Gasteiger partial charge is 0.375 e. The number of nitrogens with two attached hydrogens (primary N) is 1. The van der Waals surface area contributed by atoms with Gasteiger partial charge < -0.3 is 15.4 Å². The van der Waals surface area contributed by atoms with Gasteiger partial charge in [0, 0.05) is 11.4 Å². The van der Waals surface area contributed by atoms with Gasteiger partial charge in [-0.2, -0.15) is 0 Å². The van der Waals surface area contributed by atoms with Crippen molar-refractivity contribution in [3.05, 3.63) is 22.4 Å². The molecule has 5 heteroatoms. The molecule has 0 radical (unpaired) electrons. The normalized spacial score (nSPS) is 26.1. The lowest BCUT2D eigenvalue weighted by atomic mass is 10.1. The Morgan fingerprint density at radius 1 is 1.72 bits per heavy atom. The van der Waals surface area contributed by atoms with E-state index in [2.05, 4.69) is 6.92 Å². The number of thiophene rings is 1. The van der Waals surface area contributed by atoms with Gasteiger partial charge in [0.05, 0.1) is 18.8 Å². The summed E-state index contributed by atoms with van der Waals surface area (Å²) in [5.74, 6) is 0.0134. The van der Waals surface area contributed by atoms with Gasteiger partial charge >= 0.3 is 0 Å². The first kappa shape index (κ1) is 13.5. The molecule has 1 saturated heterocycles. The lowest BCUT2D eigenvalue weighted by Gasteiger charge is -2.39. The second kappa shape index (κ2) is 5.82. The minimum absolute atomic E-state index is 0.0134. The molecule has 1 aromatic heterocycles. The first-order chi connectivity index (χ1) is 8.63. The third kappa shape index (κ3) is 2.74. The second-order valence-electron chi connectivity index (χ2n) is 4.69. The highest BCUT2D eigenvalue weighted by Gasteiger charge is 2.32. The van der Waals surface area contributed by atoms with E-state index in [-0.39, 0.29) is 18.1 Å². The molecule has 2 N–H and O–H groups in total. The Morgan fingerprint density at radius 3 is 3.11 bits per heavy atom.